The van der Waals surface area contributed by atoms with E-state index in [4.69, 9.17) is 0 Å². The summed E-state index contributed by atoms with van der Waals surface area (Å²) in [5, 5.41) is 0. The first kappa shape index (κ1) is 16.5. The second-order valence-corrected chi connectivity index (χ2v) is 8.37. The highest BCUT2D eigenvalue weighted by molar-refractivity contribution is 7.89. The first-order chi connectivity index (χ1) is 11.0. The van der Waals surface area contributed by atoms with E-state index >= 15 is 0 Å². The zero-order valence-corrected chi connectivity index (χ0v) is 14.3. The number of likely N-dealkylation sites (tertiary alicyclic amines) is 1. The molecule has 23 heavy (non-hydrogen) atoms. The van der Waals surface area contributed by atoms with Gasteiger partial charge in [-0.3, -0.25) is 4.79 Å². The van der Waals surface area contributed by atoms with Crippen LogP contribution in [0.1, 0.15) is 48.9 Å². The molecule has 126 valence electrons. The summed E-state index contributed by atoms with van der Waals surface area (Å²) < 4.78 is 25.8. The van der Waals surface area contributed by atoms with Gasteiger partial charge in [0, 0.05) is 18.2 Å². The lowest BCUT2D eigenvalue weighted by atomic mass is 9.95. The molecule has 1 atom stereocenters. The molecule has 6 heteroatoms. The fourth-order valence-corrected chi connectivity index (χ4v) is 4.67. The third-order valence-electron chi connectivity index (χ3n) is 5.18. The molecule has 1 amide bonds. The van der Waals surface area contributed by atoms with E-state index in [-0.39, 0.29) is 10.8 Å². The number of carbonyl (C=O) groups excluding carboxylic acids is 1. The van der Waals surface area contributed by atoms with Gasteiger partial charge in [-0.05, 0) is 62.9 Å². The van der Waals surface area contributed by atoms with Crippen LogP contribution in [0.25, 0.3) is 0 Å². The summed E-state index contributed by atoms with van der Waals surface area (Å²) in [6.07, 6.45) is 7.18. The lowest BCUT2D eigenvalue weighted by molar-refractivity contribution is 0.0689. The van der Waals surface area contributed by atoms with Crippen molar-refractivity contribution >= 4 is 15.9 Å². The monoisotopic (exact) mass is 336 g/mol. The Morgan fingerprint density at radius 1 is 1.09 bits per heavy atom. The van der Waals surface area contributed by atoms with Crippen LogP contribution in [-0.2, 0) is 10.0 Å². The summed E-state index contributed by atoms with van der Waals surface area (Å²) in [6, 6.07) is 6.61. The lowest BCUT2D eigenvalue weighted by Gasteiger charge is -2.29. The van der Waals surface area contributed by atoms with E-state index in [0.717, 1.165) is 19.4 Å². The first-order valence-electron chi connectivity index (χ1n) is 8.37. The Balaban J connectivity index is 1.77. The fourth-order valence-electron chi connectivity index (χ4n) is 3.94. The predicted molar refractivity (Wildman–Crippen MR) is 88.7 cm³/mol. The zero-order valence-electron chi connectivity index (χ0n) is 13.5. The Bertz CT molecular complexity index is 664. The molecule has 2 fully saturated rings. The van der Waals surface area contributed by atoms with Crippen LogP contribution in [0.3, 0.4) is 0 Å². The van der Waals surface area contributed by atoms with Crippen molar-refractivity contribution < 1.29 is 13.2 Å². The van der Waals surface area contributed by atoms with Crippen LogP contribution in [0, 0.1) is 5.92 Å². The summed E-state index contributed by atoms with van der Waals surface area (Å²) in [5.41, 5.74) is 0.574. The van der Waals surface area contributed by atoms with Crippen molar-refractivity contribution in [2.45, 2.75) is 49.5 Å². The van der Waals surface area contributed by atoms with Crippen molar-refractivity contribution in [3.63, 3.8) is 0 Å². The molecular formula is C17H24N2O3S. The number of nitrogens with one attached hydrogen (secondary N) is 1. The van der Waals surface area contributed by atoms with Crippen LogP contribution in [0.15, 0.2) is 29.2 Å². The summed E-state index contributed by atoms with van der Waals surface area (Å²) in [4.78, 5) is 15.0. The average Bonchev–Trinajstić information content (AvgIpc) is 3.25. The number of hydrogen-bond donors (Lipinski definition) is 1. The molecule has 1 aliphatic carbocycles. The number of nitrogens with zero attached hydrogens (tertiary/aromatic N) is 1. The van der Waals surface area contributed by atoms with E-state index in [1.165, 1.54) is 44.9 Å². The molecule has 0 aromatic heterocycles. The topological polar surface area (TPSA) is 66.5 Å². The summed E-state index contributed by atoms with van der Waals surface area (Å²) in [6.45, 7) is 0.816. The number of carbonyl (C=O) groups is 1. The molecule has 1 aromatic rings. The molecule has 0 radical (unpaired) electrons. The number of hydrogen-bond acceptors (Lipinski definition) is 3. The Kier molecular flexibility index (Phi) is 4.73. The Labute approximate surface area is 138 Å². The van der Waals surface area contributed by atoms with Gasteiger partial charge in [-0.25, -0.2) is 13.1 Å². The minimum absolute atomic E-state index is 0.0350. The Hall–Kier alpha value is -1.40. The van der Waals surface area contributed by atoms with Crippen LogP contribution < -0.4 is 4.72 Å². The van der Waals surface area contributed by atoms with Gasteiger partial charge >= 0.3 is 0 Å². The third-order valence-corrected chi connectivity index (χ3v) is 6.61. The van der Waals surface area contributed by atoms with Gasteiger partial charge in [0.2, 0.25) is 10.0 Å². The maximum Gasteiger partial charge on any atom is 0.254 e. The van der Waals surface area contributed by atoms with Gasteiger partial charge in [0.25, 0.3) is 5.91 Å². The second-order valence-electron chi connectivity index (χ2n) is 6.48. The van der Waals surface area contributed by atoms with E-state index in [0.29, 0.717) is 17.5 Å². The second kappa shape index (κ2) is 6.61. The normalized spacial score (nSPS) is 22.7. The SMILES string of the molecule is CNS(=O)(=O)c1ccc(C(=O)N2CCCC2C2CCCC2)cc1. The molecule has 0 spiro atoms. The molecule has 1 aromatic carbocycles. The minimum atomic E-state index is -3.46. The number of benzene rings is 1. The fraction of sp³-hybridized carbons (Fsp3) is 0.588. The van der Waals surface area contributed by atoms with Crippen molar-refractivity contribution in [3.05, 3.63) is 29.8 Å². The van der Waals surface area contributed by atoms with Gasteiger partial charge in [-0.1, -0.05) is 12.8 Å². The van der Waals surface area contributed by atoms with E-state index in [2.05, 4.69) is 4.72 Å². The first-order valence-corrected chi connectivity index (χ1v) is 9.86. The summed E-state index contributed by atoms with van der Waals surface area (Å²) >= 11 is 0. The van der Waals surface area contributed by atoms with Crippen LogP contribution in [0.2, 0.25) is 0 Å². The molecule has 1 unspecified atom stereocenters. The Morgan fingerprint density at radius 3 is 2.35 bits per heavy atom. The van der Waals surface area contributed by atoms with Crippen LogP contribution in [0.5, 0.6) is 0 Å². The molecule has 1 aliphatic heterocycles. The molecular weight excluding hydrogens is 312 g/mol. The van der Waals surface area contributed by atoms with E-state index in [1.807, 2.05) is 4.90 Å². The van der Waals surface area contributed by atoms with Crippen LogP contribution >= 0.6 is 0 Å². The molecule has 1 saturated heterocycles. The van der Waals surface area contributed by atoms with Crippen LogP contribution in [-0.4, -0.2) is 38.9 Å². The third kappa shape index (κ3) is 3.28. The maximum absolute atomic E-state index is 12.8. The largest absolute Gasteiger partial charge is 0.335 e. The number of sulfonamides is 1. The van der Waals surface area contributed by atoms with Crippen molar-refractivity contribution in [1.29, 1.82) is 0 Å². The van der Waals surface area contributed by atoms with Crippen molar-refractivity contribution in [1.82, 2.24) is 9.62 Å². The number of amides is 1. The molecule has 1 N–H and O–H groups in total. The van der Waals surface area contributed by atoms with E-state index in [1.54, 1.807) is 12.1 Å². The van der Waals surface area contributed by atoms with Gasteiger partial charge in [0.05, 0.1) is 4.90 Å². The van der Waals surface area contributed by atoms with Crippen molar-refractivity contribution in [3.8, 4) is 0 Å². The minimum Gasteiger partial charge on any atom is -0.335 e. The van der Waals surface area contributed by atoms with Crippen LogP contribution in [0.4, 0.5) is 0 Å². The van der Waals surface area contributed by atoms with Crippen molar-refractivity contribution in [2.24, 2.45) is 5.92 Å². The van der Waals surface area contributed by atoms with E-state index < -0.39 is 10.0 Å². The van der Waals surface area contributed by atoms with Gasteiger partial charge in [0.1, 0.15) is 0 Å². The van der Waals surface area contributed by atoms with Gasteiger partial charge in [-0.15, -0.1) is 0 Å². The highest BCUT2D eigenvalue weighted by atomic mass is 32.2. The lowest BCUT2D eigenvalue weighted by Crippen LogP contribution is -2.39. The maximum atomic E-state index is 12.8. The number of rotatable bonds is 4. The average molecular weight is 336 g/mol. The smallest absolute Gasteiger partial charge is 0.254 e. The molecule has 3 rings (SSSR count). The molecule has 1 heterocycles. The molecule has 5 nitrogen and oxygen atoms in total. The van der Waals surface area contributed by atoms with E-state index in [9.17, 15) is 13.2 Å². The molecule has 0 bridgehead atoms. The Morgan fingerprint density at radius 2 is 1.74 bits per heavy atom. The molecule has 2 aliphatic rings. The van der Waals surface area contributed by atoms with Gasteiger partial charge in [0.15, 0.2) is 0 Å². The highest BCUT2D eigenvalue weighted by Gasteiger charge is 2.36. The van der Waals surface area contributed by atoms with Gasteiger partial charge in [-0.2, -0.15) is 0 Å². The standard InChI is InChI=1S/C17H24N2O3S/c1-18-23(21,22)15-10-8-14(9-11-15)17(20)19-12-4-7-16(19)13-5-2-3-6-13/h8-11,13,16,18H,2-7,12H2,1H3. The van der Waals surface area contributed by atoms with Gasteiger partial charge < -0.3 is 4.90 Å². The quantitative estimate of drug-likeness (QED) is 0.918. The predicted octanol–water partition coefficient (Wildman–Crippen LogP) is 2.39. The van der Waals surface area contributed by atoms with Crippen molar-refractivity contribution in [2.75, 3.05) is 13.6 Å². The molecule has 1 saturated carbocycles. The highest BCUT2D eigenvalue weighted by Crippen LogP contribution is 2.36. The summed E-state index contributed by atoms with van der Waals surface area (Å²) in [7, 11) is -2.08. The zero-order chi connectivity index (χ0) is 16.4. The summed E-state index contributed by atoms with van der Waals surface area (Å²) in [5.74, 6) is 0.679.